The molecule has 1 unspecified atom stereocenters. The van der Waals surface area contributed by atoms with Crippen molar-refractivity contribution < 1.29 is 9.59 Å². The molecule has 1 atom stereocenters. The lowest BCUT2D eigenvalue weighted by atomic mass is 10.1. The van der Waals surface area contributed by atoms with Crippen LogP contribution in [0.15, 0.2) is 66.7 Å². The number of aromatic nitrogens is 2. The summed E-state index contributed by atoms with van der Waals surface area (Å²) in [5.41, 5.74) is 6.42. The highest BCUT2D eigenvalue weighted by atomic mass is 32.1. The van der Waals surface area contributed by atoms with Crippen molar-refractivity contribution in [3.8, 4) is 10.6 Å². The summed E-state index contributed by atoms with van der Waals surface area (Å²) >= 11 is 3.12. The van der Waals surface area contributed by atoms with E-state index < -0.39 is 0 Å². The minimum Gasteiger partial charge on any atom is -0.326 e. The van der Waals surface area contributed by atoms with Gasteiger partial charge in [0.15, 0.2) is 5.13 Å². The first kappa shape index (κ1) is 23.5. The van der Waals surface area contributed by atoms with Crippen LogP contribution in [0.25, 0.3) is 20.8 Å². The lowest BCUT2D eigenvalue weighted by Crippen LogP contribution is -2.20. The Balaban J connectivity index is 1.13. The van der Waals surface area contributed by atoms with Gasteiger partial charge in [0.1, 0.15) is 5.01 Å². The van der Waals surface area contributed by atoms with Crippen LogP contribution in [0.1, 0.15) is 44.4 Å². The molecule has 5 aromatic rings. The van der Waals surface area contributed by atoms with E-state index in [2.05, 4.69) is 34.7 Å². The van der Waals surface area contributed by atoms with Crippen molar-refractivity contribution in [1.29, 1.82) is 0 Å². The van der Waals surface area contributed by atoms with Crippen LogP contribution in [-0.2, 0) is 11.2 Å². The molecule has 0 fully saturated rings. The summed E-state index contributed by atoms with van der Waals surface area (Å²) in [6.07, 6.45) is 1.50. The Bertz CT molecular complexity index is 1640. The Kier molecular flexibility index (Phi) is 6.06. The highest BCUT2D eigenvalue weighted by Gasteiger charge is 2.33. The summed E-state index contributed by atoms with van der Waals surface area (Å²) in [6, 6.07) is 21.5. The van der Waals surface area contributed by atoms with E-state index in [0.29, 0.717) is 10.7 Å². The number of nitrogens with one attached hydrogen (secondary N) is 2. The molecular weight excluding hydrogens is 500 g/mol. The Morgan fingerprint density at radius 3 is 2.41 bits per heavy atom. The third-order valence-electron chi connectivity index (χ3n) is 6.51. The number of anilines is 2. The highest BCUT2D eigenvalue weighted by Crippen LogP contribution is 2.39. The van der Waals surface area contributed by atoms with Gasteiger partial charge >= 0.3 is 0 Å². The number of hydrogen-bond donors (Lipinski definition) is 2. The number of carbonyl (C=O) groups is 2. The average molecular weight is 525 g/mol. The number of rotatable bonds is 5. The number of benzene rings is 3. The standard InChI is InChI=1S/C29H24N4O2S2/c1-16-3-6-18(7-4-16)26(34)33-29-32-25-21(12-14-23(25)37-29)27(35)30-20-10-8-19(9-11-20)28-31-22-13-5-17(2)15-24(22)36-28/h3-11,13,15,21H,12,14H2,1-2H3,(H,30,35)(H,32,33,34). The summed E-state index contributed by atoms with van der Waals surface area (Å²) in [4.78, 5) is 36.1. The van der Waals surface area contributed by atoms with Crippen molar-refractivity contribution in [2.75, 3.05) is 10.6 Å². The molecule has 6 rings (SSSR count). The molecule has 0 bridgehead atoms. The quantitative estimate of drug-likeness (QED) is 0.260. The Hall–Kier alpha value is -3.88. The van der Waals surface area contributed by atoms with E-state index in [9.17, 15) is 9.59 Å². The lowest BCUT2D eigenvalue weighted by Gasteiger charge is -2.11. The van der Waals surface area contributed by atoms with E-state index >= 15 is 0 Å². The monoisotopic (exact) mass is 524 g/mol. The van der Waals surface area contributed by atoms with Crippen LogP contribution in [0, 0.1) is 13.8 Å². The van der Waals surface area contributed by atoms with E-state index in [1.807, 2.05) is 49.4 Å². The molecule has 1 aliphatic carbocycles. The number of aryl methyl sites for hydroxylation is 3. The van der Waals surface area contributed by atoms with Gasteiger partial charge in [0.25, 0.3) is 5.91 Å². The third-order valence-corrected chi connectivity index (χ3v) is 8.63. The predicted molar refractivity (Wildman–Crippen MR) is 151 cm³/mol. The molecule has 1 aliphatic rings. The first-order valence-electron chi connectivity index (χ1n) is 12.1. The number of amides is 2. The topological polar surface area (TPSA) is 84.0 Å². The second-order valence-electron chi connectivity index (χ2n) is 9.30. The number of carbonyl (C=O) groups excluding carboxylic acids is 2. The Morgan fingerprint density at radius 1 is 0.865 bits per heavy atom. The molecule has 2 heterocycles. The number of nitrogens with zero attached hydrogens (tertiary/aromatic N) is 2. The third kappa shape index (κ3) is 4.77. The van der Waals surface area contributed by atoms with Gasteiger partial charge < -0.3 is 5.32 Å². The Morgan fingerprint density at radius 2 is 1.62 bits per heavy atom. The molecule has 0 spiro atoms. The lowest BCUT2D eigenvalue weighted by molar-refractivity contribution is -0.117. The minimum atomic E-state index is -0.330. The van der Waals surface area contributed by atoms with Crippen LogP contribution in [0.4, 0.5) is 10.8 Å². The molecule has 0 saturated heterocycles. The maximum Gasteiger partial charge on any atom is 0.257 e. The minimum absolute atomic E-state index is 0.0799. The van der Waals surface area contributed by atoms with Crippen molar-refractivity contribution in [1.82, 2.24) is 9.97 Å². The van der Waals surface area contributed by atoms with Crippen molar-refractivity contribution in [2.45, 2.75) is 32.6 Å². The molecule has 0 aliphatic heterocycles. The summed E-state index contributed by atoms with van der Waals surface area (Å²) in [6.45, 7) is 4.06. The maximum absolute atomic E-state index is 13.1. The fourth-order valence-electron chi connectivity index (χ4n) is 4.49. The van der Waals surface area contributed by atoms with Gasteiger partial charge in [-0.05, 0) is 80.8 Å². The van der Waals surface area contributed by atoms with Crippen LogP contribution in [-0.4, -0.2) is 21.8 Å². The van der Waals surface area contributed by atoms with Crippen molar-refractivity contribution in [3.63, 3.8) is 0 Å². The largest absolute Gasteiger partial charge is 0.326 e. The second-order valence-corrected chi connectivity index (χ2v) is 11.4. The van der Waals surface area contributed by atoms with Gasteiger partial charge in [-0.2, -0.15) is 0 Å². The molecule has 0 saturated carbocycles. The zero-order chi connectivity index (χ0) is 25.5. The van der Waals surface area contributed by atoms with E-state index in [0.717, 1.165) is 50.8 Å². The van der Waals surface area contributed by atoms with E-state index in [4.69, 9.17) is 4.98 Å². The summed E-state index contributed by atoms with van der Waals surface area (Å²) in [5, 5.41) is 7.41. The average Bonchev–Trinajstić information content (AvgIpc) is 3.58. The van der Waals surface area contributed by atoms with Crippen LogP contribution in [0.5, 0.6) is 0 Å². The highest BCUT2D eigenvalue weighted by molar-refractivity contribution is 7.21. The zero-order valence-electron chi connectivity index (χ0n) is 20.4. The van der Waals surface area contributed by atoms with E-state index in [1.165, 1.54) is 21.6 Å². The fraction of sp³-hybridized carbons (Fsp3) is 0.172. The summed E-state index contributed by atoms with van der Waals surface area (Å²) < 4.78 is 1.17. The molecule has 37 heavy (non-hydrogen) atoms. The molecule has 6 nitrogen and oxygen atoms in total. The van der Waals surface area contributed by atoms with E-state index in [1.54, 1.807) is 23.5 Å². The molecule has 8 heteroatoms. The summed E-state index contributed by atoms with van der Waals surface area (Å²) in [7, 11) is 0. The van der Waals surface area contributed by atoms with Gasteiger partial charge in [-0.25, -0.2) is 9.97 Å². The predicted octanol–water partition coefficient (Wildman–Crippen LogP) is 6.96. The van der Waals surface area contributed by atoms with Gasteiger partial charge in [-0.1, -0.05) is 23.8 Å². The SMILES string of the molecule is Cc1ccc(C(=O)Nc2nc3c(s2)CCC3C(=O)Nc2ccc(-c3nc4ccc(C)cc4s3)cc2)cc1. The normalized spacial score (nSPS) is 14.5. The van der Waals surface area contributed by atoms with Crippen LogP contribution in [0.3, 0.4) is 0 Å². The second kappa shape index (κ2) is 9.53. The van der Waals surface area contributed by atoms with Crippen molar-refractivity contribution in [2.24, 2.45) is 0 Å². The fourth-order valence-corrected chi connectivity index (χ4v) is 6.59. The van der Waals surface area contributed by atoms with Crippen molar-refractivity contribution in [3.05, 3.63) is 94.0 Å². The summed E-state index contributed by atoms with van der Waals surface area (Å²) in [5.74, 6) is -0.607. The Labute approximate surface area is 222 Å². The smallest absolute Gasteiger partial charge is 0.257 e. The van der Waals surface area contributed by atoms with Gasteiger partial charge in [-0.15, -0.1) is 22.7 Å². The molecular formula is C29H24N4O2S2. The number of thiazole rings is 2. The first-order valence-corrected chi connectivity index (χ1v) is 13.7. The molecule has 184 valence electrons. The van der Waals surface area contributed by atoms with Gasteiger partial charge in [0, 0.05) is 21.7 Å². The van der Waals surface area contributed by atoms with Crippen molar-refractivity contribution >= 4 is 55.5 Å². The molecule has 3 aromatic carbocycles. The van der Waals surface area contributed by atoms with Crippen LogP contribution >= 0.6 is 22.7 Å². The van der Waals surface area contributed by atoms with Gasteiger partial charge in [0.2, 0.25) is 5.91 Å². The van der Waals surface area contributed by atoms with E-state index in [-0.39, 0.29) is 17.7 Å². The van der Waals surface area contributed by atoms with Crippen LogP contribution in [0.2, 0.25) is 0 Å². The van der Waals surface area contributed by atoms with Gasteiger partial charge in [0.05, 0.1) is 21.8 Å². The first-order chi connectivity index (χ1) is 17.9. The number of hydrogen-bond acceptors (Lipinski definition) is 6. The number of fused-ring (bicyclic) bond motifs is 2. The van der Waals surface area contributed by atoms with Gasteiger partial charge in [-0.3, -0.25) is 14.9 Å². The zero-order valence-corrected chi connectivity index (χ0v) is 22.0. The van der Waals surface area contributed by atoms with Crippen LogP contribution < -0.4 is 10.6 Å². The molecule has 2 aromatic heterocycles. The molecule has 2 amide bonds. The maximum atomic E-state index is 13.1. The molecule has 0 radical (unpaired) electrons. The molecule has 2 N–H and O–H groups in total.